The number of carbonyl (C=O) groups is 3. The van der Waals surface area contributed by atoms with E-state index in [9.17, 15) is 14.4 Å². The van der Waals surface area contributed by atoms with Crippen molar-refractivity contribution in [1.82, 2.24) is 0 Å². The minimum atomic E-state index is -1.32. The van der Waals surface area contributed by atoms with E-state index in [-0.39, 0.29) is 18.4 Å². The fraction of sp³-hybridized carbons (Fsp3) is 0.609. The number of ether oxygens (including phenoxy) is 5. The maximum atomic E-state index is 12.9. The van der Waals surface area contributed by atoms with Crippen molar-refractivity contribution in [2.75, 3.05) is 7.11 Å². The summed E-state index contributed by atoms with van der Waals surface area (Å²) in [5, 5.41) is 0. The highest BCUT2D eigenvalue weighted by Gasteiger charge is 2.79. The Balaban J connectivity index is 1.58. The van der Waals surface area contributed by atoms with Crippen molar-refractivity contribution in [1.29, 1.82) is 0 Å². The Morgan fingerprint density at radius 2 is 2.00 bits per heavy atom. The van der Waals surface area contributed by atoms with Gasteiger partial charge in [-0.3, -0.25) is 4.79 Å². The molecule has 0 aromatic carbocycles. The molecule has 0 radical (unpaired) electrons. The number of methoxy groups -OCH3 is 1. The lowest BCUT2D eigenvalue weighted by atomic mass is 9.83. The summed E-state index contributed by atoms with van der Waals surface area (Å²) in [5.74, 6) is -0.856. The van der Waals surface area contributed by atoms with Crippen molar-refractivity contribution < 1.29 is 42.5 Å². The van der Waals surface area contributed by atoms with Crippen molar-refractivity contribution in [3.63, 3.8) is 0 Å². The van der Waals surface area contributed by atoms with E-state index >= 15 is 0 Å². The van der Waals surface area contributed by atoms with Gasteiger partial charge >= 0.3 is 17.9 Å². The van der Waals surface area contributed by atoms with E-state index in [2.05, 4.69) is 6.58 Å². The Hall–Kier alpha value is -2.65. The largest absolute Gasteiger partial charge is 0.465 e. The first-order chi connectivity index (χ1) is 15.1. The first-order valence-electron chi connectivity index (χ1n) is 10.7. The van der Waals surface area contributed by atoms with Crippen molar-refractivity contribution in [2.45, 2.75) is 75.7 Å². The molecule has 5 heterocycles. The van der Waals surface area contributed by atoms with Crippen molar-refractivity contribution in [3.8, 4) is 0 Å². The normalized spacial score (nSPS) is 39.2. The Labute approximate surface area is 184 Å². The molecule has 1 aromatic rings. The second kappa shape index (κ2) is 6.92. The molecule has 172 valence electrons. The third-order valence-electron chi connectivity index (χ3n) is 7.00. The smallest absolute Gasteiger partial charge is 0.345 e. The van der Waals surface area contributed by atoms with Crippen molar-refractivity contribution >= 4 is 17.9 Å². The fourth-order valence-corrected chi connectivity index (χ4v) is 5.14. The van der Waals surface area contributed by atoms with E-state index in [4.69, 9.17) is 28.1 Å². The summed E-state index contributed by atoms with van der Waals surface area (Å²) < 4.78 is 34.1. The molecule has 0 N–H and O–H groups in total. The number of epoxide rings is 2. The number of esters is 3. The summed E-state index contributed by atoms with van der Waals surface area (Å²) in [6.45, 7) is 9.10. The van der Waals surface area contributed by atoms with Crippen LogP contribution in [-0.4, -0.2) is 54.5 Å². The quantitative estimate of drug-likeness (QED) is 0.299. The lowest BCUT2D eigenvalue weighted by Gasteiger charge is -2.26. The Bertz CT molecular complexity index is 1020. The van der Waals surface area contributed by atoms with Crippen LogP contribution in [0.2, 0.25) is 0 Å². The number of hydrogen-bond acceptors (Lipinski definition) is 9. The topological polar surface area (TPSA) is 117 Å². The Morgan fingerprint density at radius 3 is 2.62 bits per heavy atom. The highest BCUT2D eigenvalue weighted by molar-refractivity contribution is 5.91. The molecule has 0 amide bonds. The first-order valence-corrected chi connectivity index (χ1v) is 10.7. The van der Waals surface area contributed by atoms with E-state index in [1.54, 1.807) is 6.07 Å². The SMILES string of the molecule is C=C(C)[C@H]1Cc2oc(cc2C(=O)OC)[C@@H]2O[C@]2(C)C[C@@H]2OC(=O)[C@]3(O[C@@H]23)[C@H](OC(C)=O)C1. The number of rotatable bonds is 3. The van der Waals surface area contributed by atoms with Crippen LogP contribution in [0.3, 0.4) is 0 Å². The minimum Gasteiger partial charge on any atom is -0.465 e. The fourth-order valence-electron chi connectivity index (χ4n) is 5.14. The molecule has 4 aliphatic heterocycles. The van der Waals surface area contributed by atoms with Crippen LogP contribution in [-0.2, 0) is 39.7 Å². The maximum Gasteiger partial charge on any atom is 0.345 e. The second-order valence-corrected chi connectivity index (χ2v) is 9.35. The molecular weight excluding hydrogens is 420 g/mol. The van der Waals surface area contributed by atoms with E-state index in [0.29, 0.717) is 29.9 Å². The van der Waals surface area contributed by atoms with Gasteiger partial charge in [-0.2, -0.15) is 0 Å². The molecule has 0 unspecified atom stereocenters. The Morgan fingerprint density at radius 1 is 1.25 bits per heavy atom. The molecule has 4 aliphatic rings. The van der Waals surface area contributed by atoms with E-state index in [1.165, 1.54) is 14.0 Å². The molecule has 0 spiro atoms. The number of carbonyl (C=O) groups excluding carboxylic acids is 3. The second-order valence-electron chi connectivity index (χ2n) is 9.35. The van der Waals surface area contributed by atoms with Gasteiger partial charge in [-0.15, -0.1) is 0 Å². The lowest BCUT2D eigenvalue weighted by Crippen LogP contribution is -2.42. The van der Waals surface area contributed by atoms with Gasteiger partial charge in [0.25, 0.3) is 0 Å². The standard InChI is InChI=1S/C23H26O9/c1-10(2)12-6-14-13(20(25)27-5)8-15(29-14)18-22(4,31-18)9-16-19-23(32-19,21(26)30-16)17(7-12)28-11(3)24/h8,12,16-19H,1,6-7,9H2,2-5H3/t12-,16-,17+,18-,19-,22+,23-/m0/s1. The van der Waals surface area contributed by atoms with Gasteiger partial charge in [0, 0.05) is 19.8 Å². The van der Waals surface area contributed by atoms with Gasteiger partial charge in [0.2, 0.25) is 5.60 Å². The van der Waals surface area contributed by atoms with Crippen LogP contribution in [0.4, 0.5) is 0 Å². The van der Waals surface area contributed by atoms with E-state index in [1.807, 2.05) is 13.8 Å². The predicted octanol–water partition coefficient (Wildman–Crippen LogP) is 2.42. The van der Waals surface area contributed by atoms with Crippen molar-refractivity contribution in [3.05, 3.63) is 35.3 Å². The molecule has 7 atom stereocenters. The van der Waals surface area contributed by atoms with E-state index < -0.39 is 47.4 Å². The van der Waals surface area contributed by atoms with Crippen molar-refractivity contribution in [2.24, 2.45) is 5.92 Å². The number of fused-ring (bicyclic) bond motifs is 4. The third-order valence-corrected chi connectivity index (χ3v) is 7.00. The molecule has 0 aliphatic carbocycles. The van der Waals surface area contributed by atoms with Gasteiger partial charge in [-0.25, -0.2) is 9.59 Å². The molecule has 0 saturated carbocycles. The van der Waals surface area contributed by atoms with Crippen LogP contribution >= 0.6 is 0 Å². The maximum absolute atomic E-state index is 12.9. The average Bonchev–Trinajstić information content (AvgIpc) is 3.54. The minimum absolute atomic E-state index is 0.264. The van der Waals surface area contributed by atoms with Crippen LogP contribution in [0.1, 0.15) is 61.6 Å². The zero-order valence-corrected chi connectivity index (χ0v) is 18.5. The number of hydrogen-bond donors (Lipinski definition) is 0. The van der Waals surface area contributed by atoms with Gasteiger partial charge in [-0.1, -0.05) is 12.2 Å². The summed E-state index contributed by atoms with van der Waals surface area (Å²) >= 11 is 0. The highest BCUT2D eigenvalue weighted by atomic mass is 16.7. The zero-order chi connectivity index (χ0) is 23.0. The summed E-state index contributed by atoms with van der Waals surface area (Å²) in [4.78, 5) is 37.2. The van der Waals surface area contributed by atoms with Crippen LogP contribution < -0.4 is 0 Å². The summed E-state index contributed by atoms with van der Waals surface area (Å²) in [6, 6.07) is 1.65. The van der Waals surface area contributed by atoms with Crippen LogP contribution in [0, 0.1) is 5.92 Å². The molecule has 3 saturated heterocycles. The lowest BCUT2D eigenvalue weighted by molar-refractivity contribution is -0.165. The molecular formula is C23H26O9. The molecule has 4 bridgehead atoms. The van der Waals surface area contributed by atoms with Gasteiger partial charge < -0.3 is 28.1 Å². The molecule has 1 aromatic heterocycles. The zero-order valence-electron chi connectivity index (χ0n) is 18.5. The molecule has 9 heteroatoms. The Kier molecular flexibility index (Phi) is 4.59. The third kappa shape index (κ3) is 3.09. The van der Waals surface area contributed by atoms with Crippen LogP contribution in [0.15, 0.2) is 22.6 Å². The summed E-state index contributed by atoms with van der Waals surface area (Å²) in [7, 11) is 1.31. The molecule has 5 rings (SSSR count). The average molecular weight is 446 g/mol. The summed E-state index contributed by atoms with van der Waals surface area (Å²) in [6.07, 6.45) is -1.33. The van der Waals surface area contributed by atoms with Crippen LogP contribution in [0.25, 0.3) is 0 Å². The monoisotopic (exact) mass is 446 g/mol. The van der Waals surface area contributed by atoms with Gasteiger partial charge in [-0.05, 0) is 32.3 Å². The molecule has 9 nitrogen and oxygen atoms in total. The van der Waals surface area contributed by atoms with Gasteiger partial charge in [0.15, 0.2) is 0 Å². The highest BCUT2D eigenvalue weighted by Crippen LogP contribution is 2.59. The van der Waals surface area contributed by atoms with E-state index in [0.717, 1.165) is 5.57 Å². The molecule has 3 fully saturated rings. The van der Waals surface area contributed by atoms with Gasteiger partial charge in [0.1, 0.15) is 47.1 Å². The first kappa shape index (κ1) is 21.2. The number of furan rings is 1. The van der Waals surface area contributed by atoms with Crippen LogP contribution in [0.5, 0.6) is 0 Å². The summed E-state index contributed by atoms with van der Waals surface area (Å²) in [5.41, 5.74) is -0.859. The molecule has 32 heavy (non-hydrogen) atoms. The predicted molar refractivity (Wildman–Crippen MR) is 107 cm³/mol. The van der Waals surface area contributed by atoms with Gasteiger partial charge in [0.05, 0.1) is 7.11 Å². The number of allylic oxidation sites excluding steroid dienone is 1.